The molecule has 6 heteroatoms. The van der Waals surface area contributed by atoms with Gasteiger partial charge in [-0.1, -0.05) is 6.92 Å². The van der Waals surface area contributed by atoms with E-state index in [4.69, 9.17) is 9.47 Å². The molecule has 0 aromatic carbocycles. The smallest absolute Gasteiger partial charge is 0.340 e. The Morgan fingerprint density at radius 1 is 1.29 bits per heavy atom. The SMILES string of the molecule is CCOC(=O)c1cccnc1C(C(=O)OCC)C1CCN(CC)C1. The van der Waals surface area contributed by atoms with Crippen molar-refractivity contribution in [3.05, 3.63) is 29.6 Å². The highest BCUT2D eigenvalue weighted by molar-refractivity contribution is 5.93. The highest BCUT2D eigenvalue weighted by atomic mass is 16.5. The van der Waals surface area contributed by atoms with Crippen molar-refractivity contribution >= 4 is 11.9 Å². The van der Waals surface area contributed by atoms with E-state index in [-0.39, 0.29) is 18.5 Å². The zero-order chi connectivity index (χ0) is 17.5. The standard InChI is InChI=1S/C18H26N2O4/c1-4-20-11-9-13(12-20)15(18(22)24-6-3)16-14(8-7-10-19-16)17(21)23-5-2/h7-8,10,13,15H,4-6,9,11-12H2,1-3H3. The number of ether oxygens (including phenoxy) is 2. The fourth-order valence-corrected chi connectivity index (χ4v) is 3.23. The molecule has 2 rings (SSSR count). The number of aromatic nitrogens is 1. The maximum absolute atomic E-state index is 12.6. The van der Waals surface area contributed by atoms with Gasteiger partial charge < -0.3 is 14.4 Å². The van der Waals surface area contributed by atoms with Crippen LogP contribution in [-0.2, 0) is 14.3 Å². The minimum absolute atomic E-state index is 0.0899. The molecule has 2 atom stereocenters. The topological polar surface area (TPSA) is 68.7 Å². The number of hydrogen-bond acceptors (Lipinski definition) is 6. The highest BCUT2D eigenvalue weighted by Gasteiger charge is 2.38. The summed E-state index contributed by atoms with van der Waals surface area (Å²) >= 11 is 0. The Labute approximate surface area is 143 Å². The van der Waals surface area contributed by atoms with E-state index in [1.165, 1.54) is 0 Å². The summed E-state index contributed by atoms with van der Waals surface area (Å²) in [5.41, 5.74) is 0.824. The second-order valence-corrected chi connectivity index (χ2v) is 5.83. The van der Waals surface area contributed by atoms with Crippen molar-refractivity contribution in [1.29, 1.82) is 0 Å². The minimum Gasteiger partial charge on any atom is -0.465 e. The van der Waals surface area contributed by atoms with Gasteiger partial charge in [-0.05, 0) is 51.4 Å². The Kier molecular flexibility index (Phi) is 6.73. The Bertz CT molecular complexity index is 576. The van der Waals surface area contributed by atoms with Crippen molar-refractivity contribution in [1.82, 2.24) is 9.88 Å². The van der Waals surface area contributed by atoms with Crippen LogP contribution in [-0.4, -0.2) is 54.7 Å². The van der Waals surface area contributed by atoms with Gasteiger partial charge in [0.1, 0.15) is 5.92 Å². The maximum Gasteiger partial charge on any atom is 0.340 e. The third-order valence-corrected chi connectivity index (χ3v) is 4.40. The summed E-state index contributed by atoms with van der Waals surface area (Å²) in [6.45, 7) is 8.92. The molecule has 1 fully saturated rings. The fourth-order valence-electron chi connectivity index (χ4n) is 3.23. The molecule has 2 unspecified atom stereocenters. The summed E-state index contributed by atoms with van der Waals surface area (Å²) in [5, 5.41) is 0. The van der Waals surface area contributed by atoms with Crippen molar-refractivity contribution in [3.8, 4) is 0 Å². The van der Waals surface area contributed by atoms with Gasteiger partial charge in [0, 0.05) is 12.7 Å². The van der Waals surface area contributed by atoms with Gasteiger partial charge >= 0.3 is 11.9 Å². The van der Waals surface area contributed by atoms with Crippen molar-refractivity contribution < 1.29 is 19.1 Å². The van der Waals surface area contributed by atoms with Crippen LogP contribution in [0.5, 0.6) is 0 Å². The normalized spacial score (nSPS) is 19.0. The average molecular weight is 334 g/mol. The molecule has 1 aliphatic rings. The number of hydrogen-bond donors (Lipinski definition) is 0. The number of nitrogens with zero attached hydrogens (tertiary/aromatic N) is 2. The molecular formula is C18H26N2O4. The molecule has 24 heavy (non-hydrogen) atoms. The third-order valence-electron chi connectivity index (χ3n) is 4.40. The first-order valence-electron chi connectivity index (χ1n) is 8.63. The number of carbonyl (C=O) groups is 2. The first-order chi connectivity index (χ1) is 11.6. The Morgan fingerprint density at radius 3 is 2.67 bits per heavy atom. The van der Waals surface area contributed by atoms with E-state index in [0.29, 0.717) is 17.9 Å². The lowest BCUT2D eigenvalue weighted by Crippen LogP contribution is -2.29. The van der Waals surface area contributed by atoms with Gasteiger partial charge in [-0.25, -0.2) is 4.79 Å². The molecule has 0 bridgehead atoms. The summed E-state index contributed by atoms with van der Waals surface area (Å²) in [4.78, 5) is 31.5. The van der Waals surface area contributed by atoms with Crippen LogP contribution in [0.25, 0.3) is 0 Å². The van der Waals surface area contributed by atoms with E-state index in [1.54, 1.807) is 32.2 Å². The predicted molar refractivity (Wildman–Crippen MR) is 89.8 cm³/mol. The van der Waals surface area contributed by atoms with E-state index in [9.17, 15) is 9.59 Å². The van der Waals surface area contributed by atoms with Crippen LogP contribution >= 0.6 is 0 Å². The summed E-state index contributed by atoms with van der Waals surface area (Å²) in [7, 11) is 0. The minimum atomic E-state index is -0.540. The molecule has 1 aromatic rings. The lowest BCUT2D eigenvalue weighted by molar-refractivity contribution is -0.146. The summed E-state index contributed by atoms with van der Waals surface area (Å²) in [6, 6.07) is 3.35. The monoisotopic (exact) mass is 334 g/mol. The molecule has 6 nitrogen and oxygen atoms in total. The van der Waals surface area contributed by atoms with Gasteiger partial charge in [0.25, 0.3) is 0 Å². The highest BCUT2D eigenvalue weighted by Crippen LogP contribution is 2.34. The fraction of sp³-hybridized carbons (Fsp3) is 0.611. The summed E-state index contributed by atoms with van der Waals surface area (Å²) in [6.07, 6.45) is 2.49. The Balaban J connectivity index is 2.37. The second-order valence-electron chi connectivity index (χ2n) is 5.83. The van der Waals surface area contributed by atoms with Crippen LogP contribution in [0.3, 0.4) is 0 Å². The van der Waals surface area contributed by atoms with Gasteiger partial charge in [0.2, 0.25) is 0 Å². The van der Waals surface area contributed by atoms with Crippen LogP contribution in [0.15, 0.2) is 18.3 Å². The number of likely N-dealkylation sites (tertiary alicyclic amines) is 1. The van der Waals surface area contributed by atoms with Crippen molar-refractivity contribution in [2.45, 2.75) is 33.1 Å². The molecule has 0 N–H and O–H groups in total. The van der Waals surface area contributed by atoms with Crippen LogP contribution < -0.4 is 0 Å². The number of pyridine rings is 1. The van der Waals surface area contributed by atoms with Crippen molar-refractivity contribution in [2.75, 3.05) is 32.8 Å². The predicted octanol–water partition coefficient (Wildman–Crippen LogP) is 2.25. The lowest BCUT2D eigenvalue weighted by atomic mass is 9.86. The van der Waals surface area contributed by atoms with Crippen molar-refractivity contribution in [3.63, 3.8) is 0 Å². The maximum atomic E-state index is 12.6. The molecule has 0 spiro atoms. The van der Waals surface area contributed by atoms with E-state index in [0.717, 1.165) is 26.1 Å². The summed E-state index contributed by atoms with van der Waals surface area (Å²) in [5.74, 6) is -1.21. The molecule has 1 aromatic heterocycles. The summed E-state index contributed by atoms with van der Waals surface area (Å²) < 4.78 is 10.4. The van der Waals surface area contributed by atoms with Gasteiger partial charge in [-0.2, -0.15) is 0 Å². The van der Waals surface area contributed by atoms with Gasteiger partial charge in [-0.3, -0.25) is 9.78 Å². The molecular weight excluding hydrogens is 308 g/mol. The Hall–Kier alpha value is -1.95. The number of esters is 2. The zero-order valence-electron chi connectivity index (χ0n) is 14.7. The average Bonchev–Trinajstić information content (AvgIpc) is 3.05. The molecule has 132 valence electrons. The number of carbonyl (C=O) groups excluding carboxylic acids is 2. The van der Waals surface area contributed by atoms with Crippen molar-refractivity contribution in [2.24, 2.45) is 5.92 Å². The van der Waals surface area contributed by atoms with Crippen LogP contribution in [0.2, 0.25) is 0 Å². The molecule has 0 aliphatic carbocycles. The Morgan fingerprint density at radius 2 is 2.04 bits per heavy atom. The van der Waals surface area contributed by atoms with E-state index < -0.39 is 11.9 Å². The number of rotatable bonds is 7. The molecule has 0 saturated carbocycles. The van der Waals surface area contributed by atoms with Crippen LogP contribution in [0.1, 0.15) is 49.2 Å². The quantitative estimate of drug-likeness (QED) is 0.712. The second kappa shape index (κ2) is 8.78. The zero-order valence-corrected chi connectivity index (χ0v) is 14.7. The van der Waals surface area contributed by atoms with E-state index in [1.807, 2.05) is 0 Å². The molecule has 2 heterocycles. The first kappa shape index (κ1) is 18.4. The molecule has 1 aliphatic heterocycles. The van der Waals surface area contributed by atoms with Gasteiger partial charge in [-0.15, -0.1) is 0 Å². The van der Waals surface area contributed by atoms with Crippen LogP contribution in [0.4, 0.5) is 0 Å². The first-order valence-corrected chi connectivity index (χ1v) is 8.63. The molecule has 1 saturated heterocycles. The van der Waals surface area contributed by atoms with Gasteiger partial charge in [0.05, 0.1) is 24.5 Å². The largest absolute Gasteiger partial charge is 0.465 e. The van der Waals surface area contributed by atoms with Gasteiger partial charge in [0.15, 0.2) is 0 Å². The molecule has 0 amide bonds. The molecule has 0 radical (unpaired) electrons. The van der Waals surface area contributed by atoms with Crippen LogP contribution in [0, 0.1) is 5.92 Å². The lowest BCUT2D eigenvalue weighted by Gasteiger charge is -2.23. The third kappa shape index (κ3) is 4.12. The van der Waals surface area contributed by atoms with E-state index in [2.05, 4.69) is 16.8 Å². The van der Waals surface area contributed by atoms with E-state index >= 15 is 0 Å².